The van der Waals surface area contributed by atoms with Crippen molar-refractivity contribution in [1.29, 1.82) is 0 Å². The second-order valence-corrected chi connectivity index (χ2v) is 7.41. The molecule has 150 valence electrons. The molecule has 2 aromatic rings. The molecule has 0 aliphatic carbocycles. The molecule has 0 aliphatic heterocycles. The summed E-state index contributed by atoms with van der Waals surface area (Å²) in [6.07, 6.45) is 2.69. The van der Waals surface area contributed by atoms with Crippen LogP contribution in [0.25, 0.3) is 0 Å². The van der Waals surface area contributed by atoms with Gasteiger partial charge in [0.05, 0.1) is 30.0 Å². The molecular formula is C16H16N2O8S2. The van der Waals surface area contributed by atoms with E-state index in [4.69, 9.17) is 9.81 Å². The second kappa shape index (κ2) is 10.2. The largest absolute Gasteiger partial charge is 0.507 e. The quantitative estimate of drug-likeness (QED) is 0.117. The minimum atomic E-state index is -4.38. The normalized spacial score (nSPS) is 12.2. The minimum absolute atomic E-state index is 0.00605. The molecule has 0 saturated heterocycles. The topological polar surface area (TPSA) is 158 Å². The molecule has 0 bridgehead atoms. The Morgan fingerprint density at radius 2 is 1.54 bits per heavy atom. The van der Waals surface area contributed by atoms with E-state index in [0.717, 1.165) is 30.2 Å². The predicted octanol–water partition coefficient (Wildman–Crippen LogP) is 2.31. The molecule has 0 aliphatic rings. The van der Waals surface area contributed by atoms with Crippen molar-refractivity contribution in [2.24, 2.45) is 9.98 Å². The molecule has 0 aromatic heterocycles. The zero-order valence-electron chi connectivity index (χ0n) is 14.2. The van der Waals surface area contributed by atoms with Gasteiger partial charge in [0, 0.05) is 28.5 Å². The van der Waals surface area contributed by atoms with E-state index in [-0.39, 0.29) is 35.0 Å². The summed E-state index contributed by atoms with van der Waals surface area (Å²) in [7, 11) is -4.38. The van der Waals surface area contributed by atoms with Gasteiger partial charge < -0.3 is 10.2 Å². The van der Waals surface area contributed by atoms with Gasteiger partial charge in [0.1, 0.15) is 11.5 Å². The Morgan fingerprint density at radius 3 is 2.11 bits per heavy atom. The van der Waals surface area contributed by atoms with Crippen LogP contribution in [0.4, 0.5) is 0 Å². The van der Waals surface area contributed by atoms with E-state index in [2.05, 4.69) is 19.4 Å². The number of hydrogen-bond donors (Lipinski definition) is 4. The van der Waals surface area contributed by atoms with Crippen LogP contribution >= 0.6 is 12.0 Å². The van der Waals surface area contributed by atoms with Crippen LogP contribution in [0.3, 0.4) is 0 Å². The fraction of sp³-hybridized carbons (Fsp3) is 0.125. The molecule has 0 amide bonds. The van der Waals surface area contributed by atoms with E-state index in [1.165, 1.54) is 18.5 Å². The van der Waals surface area contributed by atoms with Crippen molar-refractivity contribution < 1.29 is 37.8 Å². The molecule has 2 aromatic carbocycles. The first kappa shape index (κ1) is 21.8. The van der Waals surface area contributed by atoms with Crippen molar-refractivity contribution in [3.8, 4) is 11.5 Å². The zero-order valence-corrected chi connectivity index (χ0v) is 15.8. The van der Waals surface area contributed by atoms with Crippen LogP contribution in [0, 0.1) is 0 Å². The van der Waals surface area contributed by atoms with Crippen molar-refractivity contribution >= 4 is 34.6 Å². The first-order valence-electron chi connectivity index (χ1n) is 7.59. The molecule has 0 atom stereocenters. The van der Waals surface area contributed by atoms with E-state index < -0.39 is 10.1 Å². The fourth-order valence-electron chi connectivity index (χ4n) is 1.98. The molecule has 0 heterocycles. The molecule has 0 spiro atoms. The number of aromatic hydroxyl groups is 2. The average molecular weight is 428 g/mol. The highest BCUT2D eigenvalue weighted by Crippen LogP contribution is 2.25. The van der Waals surface area contributed by atoms with Crippen LogP contribution in [0.15, 0.2) is 56.2 Å². The van der Waals surface area contributed by atoms with E-state index in [9.17, 15) is 18.6 Å². The summed E-state index contributed by atoms with van der Waals surface area (Å²) in [5, 5.41) is 31.1. The highest BCUT2D eigenvalue weighted by atomic mass is 32.2. The summed E-state index contributed by atoms with van der Waals surface area (Å²) in [5.41, 5.74) is 0.543. The Kier molecular flexibility index (Phi) is 7.92. The third kappa shape index (κ3) is 6.60. The lowest BCUT2D eigenvalue weighted by molar-refractivity contribution is -0.432. The third-order valence-electron chi connectivity index (χ3n) is 3.28. The van der Waals surface area contributed by atoms with Crippen LogP contribution in [-0.2, 0) is 19.5 Å². The SMILES string of the molecule is O=S(=O)(O)c1ccc(O)c(C=NCCN=Cc2cc(SOOO)ccc2O)c1. The van der Waals surface area contributed by atoms with Crippen molar-refractivity contribution in [2.45, 2.75) is 9.79 Å². The first-order valence-corrected chi connectivity index (χ1v) is 9.77. The summed E-state index contributed by atoms with van der Waals surface area (Å²) in [4.78, 5) is 8.34. The van der Waals surface area contributed by atoms with Gasteiger partial charge in [-0.05, 0) is 36.4 Å². The number of nitrogens with zero attached hydrogens (tertiary/aromatic N) is 2. The van der Waals surface area contributed by atoms with E-state index in [0.29, 0.717) is 10.5 Å². The van der Waals surface area contributed by atoms with Gasteiger partial charge in [-0.15, -0.1) is 4.33 Å². The monoisotopic (exact) mass is 428 g/mol. The van der Waals surface area contributed by atoms with Gasteiger partial charge in [0.15, 0.2) is 0 Å². The Bertz CT molecular complexity index is 977. The van der Waals surface area contributed by atoms with Crippen LogP contribution in [-0.4, -0.2) is 54.0 Å². The maximum absolute atomic E-state index is 11.1. The summed E-state index contributed by atoms with van der Waals surface area (Å²) in [6, 6.07) is 7.84. The van der Waals surface area contributed by atoms with Gasteiger partial charge in [-0.1, -0.05) is 5.04 Å². The number of aliphatic imine (C=N–C) groups is 2. The zero-order chi connectivity index (χ0) is 20.6. The van der Waals surface area contributed by atoms with Gasteiger partial charge in [-0.2, -0.15) is 8.42 Å². The maximum atomic E-state index is 11.1. The predicted molar refractivity (Wildman–Crippen MR) is 102 cm³/mol. The van der Waals surface area contributed by atoms with Crippen molar-refractivity contribution in [1.82, 2.24) is 0 Å². The summed E-state index contributed by atoms with van der Waals surface area (Å²) < 4.78 is 35.6. The Balaban J connectivity index is 1.96. The summed E-state index contributed by atoms with van der Waals surface area (Å²) in [6.45, 7) is 0.477. The summed E-state index contributed by atoms with van der Waals surface area (Å²) in [5.74, 6) is -0.193. The number of phenolic OH excluding ortho intramolecular Hbond substituents is 2. The molecule has 12 heteroatoms. The molecule has 0 radical (unpaired) electrons. The Labute approximate surface area is 164 Å². The Morgan fingerprint density at radius 1 is 0.964 bits per heavy atom. The van der Waals surface area contributed by atoms with E-state index in [1.807, 2.05) is 0 Å². The van der Waals surface area contributed by atoms with Crippen molar-refractivity contribution in [3.05, 3.63) is 47.5 Å². The van der Waals surface area contributed by atoms with Gasteiger partial charge in [-0.25, -0.2) is 5.26 Å². The molecule has 10 nitrogen and oxygen atoms in total. The number of phenols is 2. The smallest absolute Gasteiger partial charge is 0.294 e. The van der Waals surface area contributed by atoms with Gasteiger partial charge >= 0.3 is 0 Å². The van der Waals surface area contributed by atoms with Gasteiger partial charge in [0.25, 0.3) is 10.1 Å². The minimum Gasteiger partial charge on any atom is -0.507 e. The van der Waals surface area contributed by atoms with Crippen LogP contribution < -0.4 is 0 Å². The molecule has 28 heavy (non-hydrogen) atoms. The van der Waals surface area contributed by atoms with Crippen LogP contribution in [0.5, 0.6) is 11.5 Å². The molecule has 2 rings (SSSR count). The third-order valence-corrected chi connectivity index (χ3v) is 4.70. The Hall–Kier alpha value is -2.48. The highest BCUT2D eigenvalue weighted by molar-refractivity contribution is 7.94. The fourth-order valence-corrected chi connectivity index (χ4v) is 2.90. The average Bonchev–Trinajstić information content (AvgIpc) is 2.65. The molecule has 0 fully saturated rings. The lowest BCUT2D eigenvalue weighted by Crippen LogP contribution is -1.99. The molecule has 4 N–H and O–H groups in total. The lowest BCUT2D eigenvalue weighted by atomic mass is 10.2. The van der Waals surface area contributed by atoms with Gasteiger partial charge in [-0.3, -0.25) is 14.5 Å². The van der Waals surface area contributed by atoms with Crippen molar-refractivity contribution in [2.75, 3.05) is 13.1 Å². The van der Waals surface area contributed by atoms with Crippen molar-refractivity contribution in [3.63, 3.8) is 0 Å². The second-order valence-electron chi connectivity index (χ2n) is 5.21. The number of benzene rings is 2. The van der Waals surface area contributed by atoms with Crippen LogP contribution in [0.1, 0.15) is 11.1 Å². The van der Waals surface area contributed by atoms with E-state index >= 15 is 0 Å². The van der Waals surface area contributed by atoms with Crippen LogP contribution in [0.2, 0.25) is 0 Å². The first-order chi connectivity index (χ1) is 13.3. The lowest BCUT2D eigenvalue weighted by Gasteiger charge is -2.02. The molecule has 0 unspecified atom stereocenters. The van der Waals surface area contributed by atoms with Gasteiger partial charge in [0.2, 0.25) is 0 Å². The molecule has 0 saturated carbocycles. The molecular weight excluding hydrogens is 412 g/mol. The number of rotatable bonds is 9. The standard InChI is InChI=1S/C16H16N2O8S2/c19-15-3-1-13(27-26-25-21)7-11(15)9-17-5-6-18-10-12-8-14(28(22,23)24)2-4-16(12)20/h1-4,7-10,19-21H,5-6H2,(H,22,23,24). The highest BCUT2D eigenvalue weighted by Gasteiger charge is 2.11. The maximum Gasteiger partial charge on any atom is 0.294 e. The summed E-state index contributed by atoms with van der Waals surface area (Å²) >= 11 is 0.740. The van der Waals surface area contributed by atoms with E-state index in [1.54, 1.807) is 12.1 Å². The number of hydrogen-bond acceptors (Lipinski definition) is 10.